The summed E-state index contributed by atoms with van der Waals surface area (Å²) >= 11 is 0. The van der Waals surface area contributed by atoms with Gasteiger partial charge in [-0.3, -0.25) is 0 Å². The minimum absolute atomic E-state index is 0.0790. The zero-order chi connectivity index (χ0) is 13.0. The number of benzene rings is 1. The van der Waals surface area contributed by atoms with Crippen molar-refractivity contribution >= 4 is 0 Å². The highest BCUT2D eigenvalue weighted by atomic mass is 19.1. The summed E-state index contributed by atoms with van der Waals surface area (Å²) < 4.78 is 13.5. The average molecular weight is 249 g/mol. The van der Waals surface area contributed by atoms with Crippen LogP contribution in [0, 0.1) is 17.7 Å². The molecule has 0 aliphatic heterocycles. The summed E-state index contributed by atoms with van der Waals surface area (Å²) in [6, 6.07) is 7.69. The Hall–Kier alpha value is -0.890. The normalized spacial score (nSPS) is 28.3. The largest absolute Gasteiger partial charge is 0.314 e. The van der Waals surface area contributed by atoms with Gasteiger partial charge in [0.15, 0.2) is 0 Å². The molecule has 2 heteroatoms. The van der Waals surface area contributed by atoms with Crippen LogP contribution in [0.4, 0.5) is 4.39 Å². The first kappa shape index (κ1) is 13.5. The summed E-state index contributed by atoms with van der Waals surface area (Å²) in [7, 11) is 0. The van der Waals surface area contributed by atoms with Crippen molar-refractivity contribution in [2.45, 2.75) is 45.6 Å². The third kappa shape index (κ3) is 3.81. The van der Waals surface area contributed by atoms with Crippen LogP contribution in [-0.4, -0.2) is 12.6 Å². The fourth-order valence-corrected chi connectivity index (χ4v) is 3.23. The van der Waals surface area contributed by atoms with Crippen LogP contribution in [0.3, 0.4) is 0 Å². The fraction of sp³-hybridized carbons (Fsp3) is 0.625. The molecular formula is C16H24FN. The van der Waals surface area contributed by atoms with Gasteiger partial charge in [-0.1, -0.05) is 32.0 Å². The highest BCUT2D eigenvalue weighted by Gasteiger charge is 2.23. The SMILES string of the molecule is CC1CC(C)CC(NCCc2ccccc2F)C1. The Morgan fingerprint density at radius 3 is 2.44 bits per heavy atom. The number of hydrogen-bond acceptors (Lipinski definition) is 1. The molecule has 0 saturated heterocycles. The Kier molecular flexibility index (Phi) is 4.76. The molecule has 1 saturated carbocycles. The van der Waals surface area contributed by atoms with Crippen molar-refractivity contribution in [1.82, 2.24) is 5.32 Å². The Balaban J connectivity index is 1.77. The number of hydrogen-bond donors (Lipinski definition) is 1. The summed E-state index contributed by atoms with van der Waals surface area (Å²) in [4.78, 5) is 0. The van der Waals surface area contributed by atoms with E-state index in [1.54, 1.807) is 12.1 Å². The lowest BCUT2D eigenvalue weighted by Gasteiger charge is -2.32. The first-order chi connectivity index (χ1) is 8.65. The molecule has 2 rings (SSSR count). The average Bonchev–Trinajstić information content (AvgIpc) is 2.30. The van der Waals surface area contributed by atoms with Crippen molar-refractivity contribution in [3.05, 3.63) is 35.6 Å². The Labute approximate surface area is 110 Å². The maximum Gasteiger partial charge on any atom is 0.126 e. The summed E-state index contributed by atoms with van der Waals surface area (Å²) in [6.07, 6.45) is 4.67. The first-order valence-electron chi connectivity index (χ1n) is 7.12. The lowest BCUT2D eigenvalue weighted by atomic mass is 9.80. The van der Waals surface area contributed by atoms with E-state index in [1.807, 2.05) is 12.1 Å². The predicted octanol–water partition coefficient (Wildman–Crippen LogP) is 3.78. The van der Waals surface area contributed by atoms with E-state index in [0.717, 1.165) is 30.4 Å². The van der Waals surface area contributed by atoms with Gasteiger partial charge in [-0.15, -0.1) is 0 Å². The molecule has 1 aliphatic carbocycles. The summed E-state index contributed by atoms with van der Waals surface area (Å²) in [5, 5.41) is 3.59. The second kappa shape index (κ2) is 6.33. The van der Waals surface area contributed by atoms with Gasteiger partial charge in [0.1, 0.15) is 5.82 Å². The van der Waals surface area contributed by atoms with Crippen LogP contribution in [0.1, 0.15) is 38.7 Å². The van der Waals surface area contributed by atoms with Gasteiger partial charge in [-0.2, -0.15) is 0 Å². The molecule has 0 bridgehead atoms. The van der Waals surface area contributed by atoms with Gasteiger partial charge in [0, 0.05) is 6.04 Å². The molecule has 1 aromatic rings. The molecule has 100 valence electrons. The van der Waals surface area contributed by atoms with Crippen LogP contribution in [0.25, 0.3) is 0 Å². The molecule has 0 aromatic heterocycles. The van der Waals surface area contributed by atoms with Crippen molar-refractivity contribution in [2.24, 2.45) is 11.8 Å². The molecule has 2 atom stereocenters. The van der Waals surface area contributed by atoms with Crippen molar-refractivity contribution in [1.29, 1.82) is 0 Å². The fourth-order valence-electron chi connectivity index (χ4n) is 3.23. The van der Waals surface area contributed by atoms with Crippen LogP contribution in [0.15, 0.2) is 24.3 Å². The smallest absolute Gasteiger partial charge is 0.126 e. The molecule has 0 heterocycles. The van der Waals surface area contributed by atoms with Crippen molar-refractivity contribution in [2.75, 3.05) is 6.54 Å². The van der Waals surface area contributed by atoms with Gasteiger partial charge >= 0.3 is 0 Å². The highest BCUT2D eigenvalue weighted by Crippen LogP contribution is 2.28. The van der Waals surface area contributed by atoms with Gasteiger partial charge < -0.3 is 5.32 Å². The zero-order valence-corrected chi connectivity index (χ0v) is 11.5. The third-order valence-electron chi connectivity index (χ3n) is 3.96. The first-order valence-corrected chi connectivity index (χ1v) is 7.12. The van der Waals surface area contributed by atoms with E-state index in [2.05, 4.69) is 19.2 Å². The summed E-state index contributed by atoms with van der Waals surface area (Å²) in [5.74, 6) is 1.56. The molecule has 1 N–H and O–H groups in total. The van der Waals surface area contributed by atoms with Crippen LogP contribution < -0.4 is 5.32 Å². The summed E-state index contributed by atoms with van der Waals surface area (Å²) in [5.41, 5.74) is 0.821. The van der Waals surface area contributed by atoms with Gasteiger partial charge in [-0.25, -0.2) is 4.39 Å². The topological polar surface area (TPSA) is 12.0 Å². The van der Waals surface area contributed by atoms with E-state index in [0.29, 0.717) is 6.04 Å². The predicted molar refractivity (Wildman–Crippen MR) is 74.1 cm³/mol. The van der Waals surface area contributed by atoms with E-state index in [1.165, 1.54) is 19.3 Å². The van der Waals surface area contributed by atoms with E-state index in [4.69, 9.17) is 0 Å². The van der Waals surface area contributed by atoms with Crippen molar-refractivity contribution in [3.8, 4) is 0 Å². The molecule has 0 amide bonds. The Bertz CT molecular complexity index is 367. The molecule has 0 radical (unpaired) electrons. The molecule has 1 aliphatic rings. The minimum Gasteiger partial charge on any atom is -0.314 e. The Morgan fingerprint density at radius 1 is 1.11 bits per heavy atom. The molecule has 18 heavy (non-hydrogen) atoms. The molecule has 1 aromatic carbocycles. The maximum atomic E-state index is 13.5. The van der Waals surface area contributed by atoms with Crippen LogP contribution >= 0.6 is 0 Å². The van der Waals surface area contributed by atoms with Gasteiger partial charge in [0.05, 0.1) is 0 Å². The molecule has 2 unspecified atom stereocenters. The lowest BCUT2D eigenvalue weighted by molar-refractivity contribution is 0.240. The third-order valence-corrected chi connectivity index (χ3v) is 3.96. The van der Waals surface area contributed by atoms with Crippen LogP contribution in [0.5, 0.6) is 0 Å². The highest BCUT2D eigenvalue weighted by molar-refractivity contribution is 5.17. The van der Waals surface area contributed by atoms with E-state index >= 15 is 0 Å². The summed E-state index contributed by atoms with van der Waals surface area (Å²) in [6.45, 7) is 5.55. The second-order valence-electron chi connectivity index (χ2n) is 5.91. The van der Waals surface area contributed by atoms with Crippen LogP contribution in [-0.2, 0) is 6.42 Å². The van der Waals surface area contributed by atoms with E-state index < -0.39 is 0 Å². The van der Waals surface area contributed by atoms with Gasteiger partial charge in [0.25, 0.3) is 0 Å². The number of rotatable bonds is 4. The zero-order valence-electron chi connectivity index (χ0n) is 11.5. The van der Waals surface area contributed by atoms with E-state index in [9.17, 15) is 4.39 Å². The quantitative estimate of drug-likeness (QED) is 0.856. The number of halogens is 1. The lowest BCUT2D eigenvalue weighted by Crippen LogP contribution is -2.37. The standard InChI is InChI=1S/C16H24FN/c1-12-9-13(2)11-15(10-12)18-8-7-14-5-3-4-6-16(14)17/h3-6,12-13,15,18H,7-11H2,1-2H3. The van der Waals surface area contributed by atoms with Gasteiger partial charge in [-0.05, 0) is 55.7 Å². The van der Waals surface area contributed by atoms with E-state index in [-0.39, 0.29) is 5.82 Å². The molecular weight excluding hydrogens is 225 g/mol. The van der Waals surface area contributed by atoms with Crippen molar-refractivity contribution < 1.29 is 4.39 Å². The number of nitrogens with one attached hydrogen (secondary N) is 1. The molecule has 1 nitrogen and oxygen atoms in total. The Morgan fingerprint density at radius 2 is 1.78 bits per heavy atom. The second-order valence-corrected chi connectivity index (χ2v) is 5.91. The van der Waals surface area contributed by atoms with Crippen LogP contribution in [0.2, 0.25) is 0 Å². The minimum atomic E-state index is -0.0790. The maximum absolute atomic E-state index is 13.5. The molecule has 1 fully saturated rings. The van der Waals surface area contributed by atoms with Gasteiger partial charge in [0.2, 0.25) is 0 Å². The monoisotopic (exact) mass is 249 g/mol. The molecule has 0 spiro atoms. The van der Waals surface area contributed by atoms with Crippen molar-refractivity contribution in [3.63, 3.8) is 0 Å².